The number of carbonyl (C=O) groups is 1. The molecule has 0 aliphatic carbocycles. The lowest BCUT2D eigenvalue weighted by molar-refractivity contribution is -0.384. The van der Waals surface area contributed by atoms with Gasteiger partial charge >= 0.3 is 6.18 Å². The Hall–Kier alpha value is -4.54. The number of nitro groups is 1. The lowest BCUT2D eigenvalue weighted by atomic mass is 10.1. The molecule has 4 rings (SSSR count). The molecule has 166 valence electrons. The molecule has 4 aromatic rings. The number of nitro benzene ring substituents is 1. The Kier molecular flexibility index (Phi) is 5.61. The van der Waals surface area contributed by atoms with Gasteiger partial charge < -0.3 is 9.73 Å². The third-order valence-electron chi connectivity index (χ3n) is 4.55. The summed E-state index contributed by atoms with van der Waals surface area (Å²) in [5, 5.41) is 14.0. The molecule has 2 aromatic carbocycles. The van der Waals surface area contributed by atoms with Crippen LogP contribution in [0.15, 0.2) is 77.3 Å². The van der Waals surface area contributed by atoms with Gasteiger partial charge in [0.1, 0.15) is 5.82 Å². The highest BCUT2D eigenvalue weighted by atomic mass is 19.4. The number of carbonyl (C=O) groups excluding carboxylic acids is 1. The monoisotopic (exact) mass is 454 g/mol. The van der Waals surface area contributed by atoms with Crippen molar-refractivity contribution in [1.82, 2.24) is 9.97 Å². The van der Waals surface area contributed by atoms with Gasteiger partial charge in [-0.2, -0.15) is 13.2 Å². The minimum atomic E-state index is -4.53. The molecule has 0 bridgehead atoms. The number of nitrogens with one attached hydrogen (secondary N) is 1. The van der Waals surface area contributed by atoms with Gasteiger partial charge in [-0.25, -0.2) is 9.97 Å². The molecule has 0 aliphatic heterocycles. The second-order valence-corrected chi connectivity index (χ2v) is 6.72. The Labute approximate surface area is 183 Å². The van der Waals surface area contributed by atoms with E-state index in [1.54, 1.807) is 12.1 Å². The molecule has 8 nitrogen and oxygen atoms in total. The molecule has 0 saturated carbocycles. The van der Waals surface area contributed by atoms with Gasteiger partial charge in [-0.05, 0) is 42.5 Å². The zero-order chi connectivity index (χ0) is 23.6. The van der Waals surface area contributed by atoms with Crippen LogP contribution in [0.1, 0.15) is 16.1 Å². The minimum Gasteiger partial charge on any atom is -0.435 e. The molecule has 0 fully saturated rings. The van der Waals surface area contributed by atoms with Gasteiger partial charge in [-0.3, -0.25) is 14.9 Å². The van der Waals surface area contributed by atoms with Crippen LogP contribution in [0.3, 0.4) is 0 Å². The van der Waals surface area contributed by atoms with E-state index in [1.165, 1.54) is 36.5 Å². The molecule has 0 saturated heterocycles. The number of halogens is 3. The van der Waals surface area contributed by atoms with Gasteiger partial charge in [-0.15, -0.1) is 0 Å². The Morgan fingerprint density at radius 3 is 2.33 bits per heavy atom. The van der Waals surface area contributed by atoms with Crippen LogP contribution in [0.2, 0.25) is 0 Å². The molecule has 1 amide bonds. The van der Waals surface area contributed by atoms with Gasteiger partial charge in [0.2, 0.25) is 5.89 Å². The van der Waals surface area contributed by atoms with E-state index in [4.69, 9.17) is 4.42 Å². The summed E-state index contributed by atoms with van der Waals surface area (Å²) in [7, 11) is 0. The predicted molar refractivity (Wildman–Crippen MR) is 111 cm³/mol. The van der Waals surface area contributed by atoms with Gasteiger partial charge in [0.05, 0.1) is 16.1 Å². The van der Waals surface area contributed by atoms with Crippen molar-refractivity contribution < 1.29 is 27.3 Å². The fraction of sp³-hybridized carbons (Fsp3) is 0.0455. The van der Waals surface area contributed by atoms with E-state index < -0.39 is 22.6 Å². The SMILES string of the molecule is O=C(Nc1ccccn1)c1nc(-c2ccc(C(F)(F)F)cc2)oc1-c1ccccc1[N+](=O)[O-]. The Bertz CT molecular complexity index is 1320. The van der Waals surface area contributed by atoms with Crippen LogP contribution < -0.4 is 5.32 Å². The first kappa shape index (κ1) is 21.7. The molecule has 0 unspecified atom stereocenters. The second-order valence-electron chi connectivity index (χ2n) is 6.72. The van der Waals surface area contributed by atoms with Crippen LogP contribution >= 0.6 is 0 Å². The summed E-state index contributed by atoms with van der Waals surface area (Å²) in [5.74, 6) is -0.937. The molecule has 0 radical (unpaired) electrons. The van der Waals surface area contributed by atoms with Crippen molar-refractivity contribution in [2.45, 2.75) is 6.18 Å². The van der Waals surface area contributed by atoms with Crippen molar-refractivity contribution in [1.29, 1.82) is 0 Å². The predicted octanol–water partition coefficient (Wildman–Crippen LogP) is 5.58. The topological polar surface area (TPSA) is 111 Å². The van der Waals surface area contributed by atoms with E-state index in [1.807, 2.05) is 0 Å². The number of hydrogen-bond donors (Lipinski definition) is 1. The molecule has 0 atom stereocenters. The van der Waals surface area contributed by atoms with E-state index in [0.717, 1.165) is 24.3 Å². The molecule has 2 heterocycles. The van der Waals surface area contributed by atoms with Crippen LogP contribution in [0.4, 0.5) is 24.7 Å². The number of alkyl halides is 3. The van der Waals surface area contributed by atoms with Crippen molar-refractivity contribution in [3.63, 3.8) is 0 Å². The number of amides is 1. The second kappa shape index (κ2) is 8.54. The summed E-state index contributed by atoms with van der Waals surface area (Å²) in [5.41, 5.74) is -1.35. The fourth-order valence-electron chi connectivity index (χ4n) is 3.02. The van der Waals surface area contributed by atoms with E-state index in [-0.39, 0.29) is 40.0 Å². The van der Waals surface area contributed by atoms with Gasteiger partial charge in [0.15, 0.2) is 11.5 Å². The molecule has 0 spiro atoms. The van der Waals surface area contributed by atoms with Crippen molar-refractivity contribution in [2.75, 3.05) is 5.32 Å². The molecular formula is C22H13F3N4O4. The molecule has 33 heavy (non-hydrogen) atoms. The van der Waals surface area contributed by atoms with E-state index >= 15 is 0 Å². The highest BCUT2D eigenvalue weighted by Crippen LogP contribution is 2.36. The normalized spacial score (nSPS) is 11.2. The maximum absolute atomic E-state index is 12.9. The number of hydrogen-bond acceptors (Lipinski definition) is 6. The summed E-state index contributed by atoms with van der Waals surface area (Å²) >= 11 is 0. The fourth-order valence-corrected chi connectivity index (χ4v) is 3.02. The quantitative estimate of drug-likeness (QED) is 0.311. The average molecular weight is 454 g/mol. The highest BCUT2D eigenvalue weighted by molar-refractivity contribution is 6.06. The molecule has 11 heteroatoms. The standard InChI is InChI=1S/C22H13F3N4O4/c23-22(24,25)14-10-8-13(9-11-14)21-28-18(20(30)27-17-7-3-4-12-26-17)19(33-21)15-5-1-2-6-16(15)29(31)32/h1-12H,(H,26,27,30). The minimum absolute atomic E-state index is 0.0145. The summed E-state index contributed by atoms with van der Waals surface area (Å²) in [6.45, 7) is 0. The number of rotatable bonds is 5. The van der Waals surface area contributed by atoms with Crippen molar-refractivity contribution in [3.8, 4) is 22.8 Å². The number of para-hydroxylation sites is 1. The number of pyridine rings is 1. The maximum Gasteiger partial charge on any atom is 0.416 e. The van der Waals surface area contributed by atoms with Crippen LogP contribution in [-0.4, -0.2) is 20.8 Å². The number of aromatic nitrogens is 2. The van der Waals surface area contributed by atoms with Crippen molar-refractivity contribution >= 4 is 17.4 Å². The molecule has 2 aromatic heterocycles. The lowest BCUT2D eigenvalue weighted by Crippen LogP contribution is -2.14. The maximum atomic E-state index is 12.9. The van der Waals surface area contributed by atoms with Gasteiger partial charge in [-0.1, -0.05) is 18.2 Å². The lowest BCUT2D eigenvalue weighted by Gasteiger charge is -2.06. The third kappa shape index (κ3) is 4.56. The van der Waals surface area contributed by atoms with Crippen molar-refractivity contribution in [3.05, 3.63) is 94.3 Å². The number of nitrogens with zero attached hydrogens (tertiary/aromatic N) is 3. The van der Waals surface area contributed by atoms with Crippen LogP contribution in [0, 0.1) is 10.1 Å². The van der Waals surface area contributed by atoms with Crippen LogP contribution in [0.25, 0.3) is 22.8 Å². The first-order valence-corrected chi connectivity index (χ1v) is 9.38. The van der Waals surface area contributed by atoms with Gasteiger partial charge in [0, 0.05) is 17.8 Å². The van der Waals surface area contributed by atoms with E-state index in [0.29, 0.717) is 0 Å². The Morgan fingerprint density at radius 1 is 1.00 bits per heavy atom. The Morgan fingerprint density at radius 2 is 1.70 bits per heavy atom. The van der Waals surface area contributed by atoms with Crippen molar-refractivity contribution in [2.24, 2.45) is 0 Å². The smallest absolute Gasteiger partial charge is 0.416 e. The first-order chi connectivity index (χ1) is 15.7. The van der Waals surface area contributed by atoms with E-state index in [9.17, 15) is 28.1 Å². The first-order valence-electron chi connectivity index (χ1n) is 9.38. The number of benzene rings is 2. The summed E-state index contributed by atoms with van der Waals surface area (Å²) in [6, 6.07) is 14.4. The number of anilines is 1. The highest BCUT2D eigenvalue weighted by Gasteiger charge is 2.31. The van der Waals surface area contributed by atoms with Gasteiger partial charge in [0.25, 0.3) is 11.6 Å². The third-order valence-corrected chi connectivity index (χ3v) is 4.55. The molecule has 1 N–H and O–H groups in total. The largest absolute Gasteiger partial charge is 0.435 e. The Balaban J connectivity index is 1.82. The molecule has 0 aliphatic rings. The number of oxazole rings is 1. The van der Waals surface area contributed by atoms with Crippen LogP contribution in [-0.2, 0) is 6.18 Å². The zero-order valence-electron chi connectivity index (χ0n) is 16.5. The zero-order valence-corrected chi connectivity index (χ0v) is 16.5. The van der Waals surface area contributed by atoms with Crippen LogP contribution in [0.5, 0.6) is 0 Å². The summed E-state index contributed by atoms with van der Waals surface area (Å²) in [6.07, 6.45) is -3.08. The summed E-state index contributed by atoms with van der Waals surface area (Å²) < 4.78 is 44.3. The van der Waals surface area contributed by atoms with E-state index in [2.05, 4.69) is 15.3 Å². The molecular weight excluding hydrogens is 441 g/mol. The average Bonchev–Trinajstić information content (AvgIpc) is 3.25. The summed E-state index contributed by atoms with van der Waals surface area (Å²) in [4.78, 5) is 31.9.